The highest BCUT2D eigenvalue weighted by atomic mass is 16.5. The highest BCUT2D eigenvalue weighted by Crippen LogP contribution is 2.38. The number of carbonyl (C=O) groups excluding carboxylic acids is 2. The molecule has 2 N–H and O–H groups in total. The van der Waals surface area contributed by atoms with E-state index in [1.54, 1.807) is 31.2 Å². The Labute approximate surface area is 169 Å². The van der Waals surface area contributed by atoms with Crippen LogP contribution in [0.15, 0.2) is 36.4 Å². The molecule has 0 saturated heterocycles. The van der Waals surface area contributed by atoms with Crippen LogP contribution in [-0.2, 0) is 11.2 Å². The molecule has 0 heterocycles. The van der Waals surface area contributed by atoms with Crippen LogP contribution in [0.4, 0.5) is 5.69 Å². The average molecular weight is 397 g/mol. The van der Waals surface area contributed by atoms with Gasteiger partial charge in [0.2, 0.25) is 11.7 Å². The Morgan fingerprint density at radius 2 is 1.62 bits per heavy atom. The summed E-state index contributed by atoms with van der Waals surface area (Å²) in [6, 6.07) is 11.2. The molecule has 0 aliphatic rings. The second kappa shape index (κ2) is 9.99. The fraction of sp³-hybridized carbons (Fsp3) is 0.286. The molecule has 0 bridgehead atoms. The molecule has 2 rings (SSSR count). The zero-order valence-corrected chi connectivity index (χ0v) is 16.7. The summed E-state index contributed by atoms with van der Waals surface area (Å²) in [7, 11) is 4.38. The molecule has 2 amide bonds. The zero-order chi connectivity index (χ0) is 21.4. The SMILES string of the molecule is COc1cc(C(=O)N[C@@H](C)C(=O)Nc2ccc(CC#N)cc2)cc(OC)c1OC. The fourth-order valence-electron chi connectivity index (χ4n) is 2.61. The normalized spacial score (nSPS) is 11.0. The lowest BCUT2D eigenvalue weighted by molar-refractivity contribution is -0.117. The second-order valence-electron chi connectivity index (χ2n) is 6.13. The average Bonchev–Trinajstić information content (AvgIpc) is 2.73. The first-order valence-corrected chi connectivity index (χ1v) is 8.81. The van der Waals surface area contributed by atoms with Crippen molar-refractivity contribution in [3.8, 4) is 23.3 Å². The first-order chi connectivity index (χ1) is 13.9. The van der Waals surface area contributed by atoms with Crippen LogP contribution in [-0.4, -0.2) is 39.2 Å². The molecule has 0 radical (unpaired) electrons. The summed E-state index contributed by atoms with van der Waals surface area (Å²) in [5.74, 6) is 0.213. The summed E-state index contributed by atoms with van der Waals surface area (Å²) in [5, 5.41) is 14.1. The molecule has 1 atom stereocenters. The summed E-state index contributed by atoms with van der Waals surface area (Å²) in [5.41, 5.74) is 1.69. The van der Waals surface area contributed by atoms with Crippen molar-refractivity contribution in [3.05, 3.63) is 47.5 Å². The lowest BCUT2D eigenvalue weighted by Gasteiger charge is -2.16. The lowest BCUT2D eigenvalue weighted by Crippen LogP contribution is -2.41. The molecule has 29 heavy (non-hydrogen) atoms. The smallest absolute Gasteiger partial charge is 0.252 e. The number of ether oxygens (including phenoxy) is 3. The molecule has 0 spiro atoms. The highest BCUT2D eigenvalue weighted by molar-refractivity contribution is 6.01. The number of rotatable bonds is 8. The van der Waals surface area contributed by atoms with Crippen LogP contribution < -0.4 is 24.8 Å². The van der Waals surface area contributed by atoms with Gasteiger partial charge in [-0.15, -0.1) is 0 Å². The van der Waals surface area contributed by atoms with E-state index in [4.69, 9.17) is 19.5 Å². The molecule has 0 aromatic heterocycles. The van der Waals surface area contributed by atoms with Gasteiger partial charge >= 0.3 is 0 Å². The summed E-state index contributed by atoms with van der Waals surface area (Å²) in [6.45, 7) is 1.58. The Balaban J connectivity index is 2.07. The standard InChI is InChI=1S/C21H23N3O5/c1-13(20(25)24-16-7-5-14(6-8-16)9-10-22)23-21(26)15-11-17(27-2)19(29-4)18(12-15)28-3/h5-8,11-13H,9H2,1-4H3,(H,23,26)(H,24,25)/t13-/m0/s1. The van der Waals surface area contributed by atoms with Crippen LogP contribution in [0.1, 0.15) is 22.8 Å². The molecule has 152 valence electrons. The number of nitrogens with zero attached hydrogens (tertiary/aromatic N) is 1. The van der Waals surface area contributed by atoms with E-state index < -0.39 is 11.9 Å². The molecule has 0 unspecified atom stereocenters. The Hall–Kier alpha value is -3.73. The maximum Gasteiger partial charge on any atom is 0.252 e. The Morgan fingerprint density at radius 1 is 1.03 bits per heavy atom. The van der Waals surface area contributed by atoms with Gasteiger partial charge in [0, 0.05) is 11.3 Å². The molecule has 0 aliphatic heterocycles. The molecule has 0 aliphatic carbocycles. The van der Waals surface area contributed by atoms with Gasteiger partial charge < -0.3 is 24.8 Å². The maximum atomic E-state index is 12.6. The van der Waals surface area contributed by atoms with E-state index in [-0.39, 0.29) is 11.5 Å². The van der Waals surface area contributed by atoms with Crippen molar-refractivity contribution in [2.24, 2.45) is 0 Å². The summed E-state index contributed by atoms with van der Waals surface area (Å²) in [4.78, 5) is 25.0. The van der Waals surface area contributed by atoms with Crippen molar-refractivity contribution in [2.75, 3.05) is 26.6 Å². The fourth-order valence-corrected chi connectivity index (χ4v) is 2.61. The minimum atomic E-state index is -0.791. The Kier molecular flexibility index (Phi) is 7.43. The van der Waals surface area contributed by atoms with Crippen LogP contribution in [0.2, 0.25) is 0 Å². The zero-order valence-electron chi connectivity index (χ0n) is 16.7. The Morgan fingerprint density at radius 3 is 2.10 bits per heavy atom. The number of amides is 2. The van der Waals surface area contributed by atoms with Gasteiger partial charge in [0.1, 0.15) is 6.04 Å². The molecule has 0 fully saturated rings. The predicted molar refractivity (Wildman–Crippen MR) is 107 cm³/mol. The van der Waals surface area contributed by atoms with Gasteiger partial charge in [0.15, 0.2) is 11.5 Å². The molecule has 8 heteroatoms. The van der Waals surface area contributed by atoms with Crippen molar-refractivity contribution in [1.82, 2.24) is 5.32 Å². The monoisotopic (exact) mass is 397 g/mol. The third-order valence-corrected chi connectivity index (χ3v) is 4.17. The molecule has 2 aromatic carbocycles. The number of methoxy groups -OCH3 is 3. The van der Waals surface area contributed by atoms with Crippen molar-refractivity contribution in [1.29, 1.82) is 5.26 Å². The van der Waals surface area contributed by atoms with Crippen LogP contribution >= 0.6 is 0 Å². The number of anilines is 1. The number of hydrogen-bond donors (Lipinski definition) is 2. The molecular weight excluding hydrogens is 374 g/mol. The Bertz CT molecular complexity index is 894. The number of nitriles is 1. The van der Waals surface area contributed by atoms with E-state index >= 15 is 0 Å². The number of hydrogen-bond acceptors (Lipinski definition) is 6. The maximum absolute atomic E-state index is 12.6. The van der Waals surface area contributed by atoms with E-state index in [1.165, 1.54) is 33.5 Å². The van der Waals surface area contributed by atoms with E-state index in [9.17, 15) is 9.59 Å². The van der Waals surface area contributed by atoms with Gasteiger partial charge in [-0.2, -0.15) is 5.26 Å². The number of nitrogens with one attached hydrogen (secondary N) is 2. The topological polar surface area (TPSA) is 110 Å². The number of carbonyl (C=O) groups is 2. The molecule has 0 saturated carbocycles. The highest BCUT2D eigenvalue weighted by Gasteiger charge is 2.20. The lowest BCUT2D eigenvalue weighted by atomic mass is 10.1. The van der Waals surface area contributed by atoms with Gasteiger partial charge in [0.25, 0.3) is 5.91 Å². The van der Waals surface area contributed by atoms with E-state index in [0.717, 1.165) is 5.56 Å². The summed E-state index contributed by atoms with van der Waals surface area (Å²) < 4.78 is 15.7. The minimum absolute atomic E-state index is 0.264. The van der Waals surface area contributed by atoms with Gasteiger partial charge in [-0.1, -0.05) is 12.1 Å². The van der Waals surface area contributed by atoms with E-state index in [2.05, 4.69) is 16.7 Å². The van der Waals surface area contributed by atoms with Gasteiger partial charge in [-0.3, -0.25) is 9.59 Å². The summed E-state index contributed by atoms with van der Waals surface area (Å²) >= 11 is 0. The molecule has 8 nitrogen and oxygen atoms in total. The van der Waals surface area contributed by atoms with Crippen LogP contribution in [0.25, 0.3) is 0 Å². The second-order valence-corrected chi connectivity index (χ2v) is 6.13. The minimum Gasteiger partial charge on any atom is -0.493 e. The third-order valence-electron chi connectivity index (χ3n) is 4.17. The first kappa shape index (κ1) is 21.6. The van der Waals surface area contributed by atoms with Gasteiger partial charge in [-0.25, -0.2) is 0 Å². The summed E-state index contributed by atoms with van der Waals surface area (Å²) in [6.07, 6.45) is 0.301. The van der Waals surface area contributed by atoms with Gasteiger partial charge in [0.05, 0.1) is 33.8 Å². The largest absolute Gasteiger partial charge is 0.493 e. The van der Waals surface area contributed by atoms with Crippen molar-refractivity contribution >= 4 is 17.5 Å². The quantitative estimate of drug-likeness (QED) is 0.708. The van der Waals surface area contributed by atoms with E-state index in [0.29, 0.717) is 29.4 Å². The first-order valence-electron chi connectivity index (χ1n) is 8.81. The third kappa shape index (κ3) is 5.39. The van der Waals surface area contributed by atoms with Crippen LogP contribution in [0, 0.1) is 11.3 Å². The predicted octanol–water partition coefficient (Wildman–Crippen LogP) is 2.54. The number of benzene rings is 2. The van der Waals surface area contributed by atoms with E-state index in [1.807, 2.05) is 0 Å². The van der Waals surface area contributed by atoms with Crippen molar-refractivity contribution in [3.63, 3.8) is 0 Å². The van der Waals surface area contributed by atoms with Crippen LogP contribution in [0.3, 0.4) is 0 Å². The van der Waals surface area contributed by atoms with Crippen molar-refractivity contribution in [2.45, 2.75) is 19.4 Å². The van der Waals surface area contributed by atoms with Crippen molar-refractivity contribution < 1.29 is 23.8 Å². The molecular formula is C21H23N3O5. The molecule has 2 aromatic rings. The van der Waals surface area contributed by atoms with Crippen LogP contribution in [0.5, 0.6) is 17.2 Å². The van der Waals surface area contributed by atoms with Gasteiger partial charge in [-0.05, 0) is 36.8 Å².